The molecule has 18 heavy (non-hydrogen) atoms. The Morgan fingerprint density at radius 3 is 2.28 bits per heavy atom. The van der Waals surface area contributed by atoms with Crippen LogP contribution in [0.15, 0.2) is 24.3 Å². The first kappa shape index (κ1) is 13.5. The first-order chi connectivity index (χ1) is 8.63. The third-order valence-electron chi connectivity index (χ3n) is 3.94. The second-order valence-electron chi connectivity index (χ2n) is 5.94. The minimum atomic E-state index is -0.151. The van der Waals surface area contributed by atoms with Gasteiger partial charge in [0.2, 0.25) is 0 Å². The maximum Gasteiger partial charge on any atom is 0.123 e. The lowest BCUT2D eigenvalue weighted by molar-refractivity contribution is 0.240. The molecule has 100 valence electrons. The Morgan fingerprint density at radius 1 is 1.06 bits per heavy atom. The summed E-state index contributed by atoms with van der Waals surface area (Å²) in [6.07, 6.45) is 4.96. The van der Waals surface area contributed by atoms with E-state index in [1.165, 1.54) is 24.8 Å². The number of hydrogen-bond acceptors (Lipinski definition) is 1. The summed E-state index contributed by atoms with van der Waals surface area (Å²) in [7, 11) is 0. The zero-order chi connectivity index (χ0) is 13.0. The van der Waals surface area contributed by atoms with Gasteiger partial charge in [-0.3, -0.25) is 0 Å². The Kier molecular flexibility index (Phi) is 4.76. The van der Waals surface area contributed by atoms with Crippen LogP contribution in [0.1, 0.15) is 38.7 Å². The van der Waals surface area contributed by atoms with Gasteiger partial charge in [-0.15, -0.1) is 0 Å². The Bertz CT molecular complexity index is 350. The van der Waals surface area contributed by atoms with Crippen LogP contribution in [0.2, 0.25) is 0 Å². The molecule has 1 N–H and O–H groups in total. The molecule has 1 aliphatic rings. The summed E-state index contributed by atoms with van der Waals surface area (Å²) in [6.45, 7) is 5.70. The van der Waals surface area contributed by atoms with Crippen molar-refractivity contribution in [1.82, 2.24) is 5.32 Å². The molecule has 0 aromatic heterocycles. The molecule has 0 aliphatic heterocycles. The van der Waals surface area contributed by atoms with E-state index >= 15 is 0 Å². The predicted molar refractivity (Wildman–Crippen MR) is 74.1 cm³/mol. The molecule has 2 unspecified atom stereocenters. The van der Waals surface area contributed by atoms with Gasteiger partial charge in [-0.2, -0.15) is 0 Å². The van der Waals surface area contributed by atoms with Crippen LogP contribution >= 0.6 is 0 Å². The van der Waals surface area contributed by atoms with E-state index in [1.807, 2.05) is 12.1 Å². The first-order valence-corrected chi connectivity index (χ1v) is 7.11. The van der Waals surface area contributed by atoms with Crippen LogP contribution in [0, 0.1) is 17.7 Å². The van der Waals surface area contributed by atoms with Crippen molar-refractivity contribution in [2.45, 2.75) is 45.6 Å². The maximum atomic E-state index is 12.8. The summed E-state index contributed by atoms with van der Waals surface area (Å²) in [4.78, 5) is 0. The Morgan fingerprint density at radius 2 is 1.67 bits per heavy atom. The molecule has 0 bridgehead atoms. The maximum absolute atomic E-state index is 12.8. The van der Waals surface area contributed by atoms with Crippen LogP contribution in [-0.2, 0) is 6.42 Å². The summed E-state index contributed by atoms with van der Waals surface area (Å²) in [5.74, 6) is 1.54. The molecule has 0 amide bonds. The van der Waals surface area contributed by atoms with Crippen LogP contribution in [0.4, 0.5) is 4.39 Å². The SMILES string of the molecule is CC1CC(C)CC(NCCc2ccc(F)cc2)C1. The zero-order valence-electron chi connectivity index (χ0n) is 11.5. The average molecular weight is 249 g/mol. The highest BCUT2D eigenvalue weighted by atomic mass is 19.1. The molecule has 0 heterocycles. The fraction of sp³-hybridized carbons (Fsp3) is 0.625. The van der Waals surface area contributed by atoms with E-state index in [4.69, 9.17) is 0 Å². The van der Waals surface area contributed by atoms with Gasteiger partial charge in [0, 0.05) is 6.04 Å². The van der Waals surface area contributed by atoms with E-state index in [9.17, 15) is 4.39 Å². The summed E-state index contributed by atoms with van der Waals surface area (Å²) in [5.41, 5.74) is 1.21. The highest BCUT2D eigenvalue weighted by Crippen LogP contribution is 2.28. The Hall–Kier alpha value is -0.890. The molecule has 2 heteroatoms. The van der Waals surface area contributed by atoms with Crippen LogP contribution in [-0.4, -0.2) is 12.6 Å². The van der Waals surface area contributed by atoms with Crippen LogP contribution in [0.3, 0.4) is 0 Å². The third-order valence-corrected chi connectivity index (χ3v) is 3.94. The second kappa shape index (κ2) is 6.33. The lowest BCUT2D eigenvalue weighted by Gasteiger charge is -2.32. The van der Waals surface area contributed by atoms with Gasteiger partial charge in [0.05, 0.1) is 0 Å². The molecule has 0 spiro atoms. The van der Waals surface area contributed by atoms with Crippen molar-refractivity contribution >= 4 is 0 Å². The largest absolute Gasteiger partial charge is 0.314 e. The van der Waals surface area contributed by atoms with E-state index in [-0.39, 0.29) is 5.82 Å². The zero-order valence-corrected chi connectivity index (χ0v) is 11.5. The van der Waals surface area contributed by atoms with Gasteiger partial charge < -0.3 is 5.32 Å². The Labute approximate surface area is 110 Å². The van der Waals surface area contributed by atoms with E-state index in [1.54, 1.807) is 12.1 Å². The van der Waals surface area contributed by atoms with Crippen molar-refractivity contribution in [1.29, 1.82) is 0 Å². The second-order valence-corrected chi connectivity index (χ2v) is 5.94. The van der Waals surface area contributed by atoms with Crippen LogP contribution in [0.25, 0.3) is 0 Å². The summed E-state index contributed by atoms with van der Waals surface area (Å²) in [5, 5.41) is 3.65. The fourth-order valence-electron chi connectivity index (χ4n) is 3.19. The monoisotopic (exact) mass is 249 g/mol. The standard InChI is InChI=1S/C16H24FN/c1-12-9-13(2)11-16(10-12)18-8-7-14-3-5-15(17)6-4-14/h3-6,12-13,16,18H,7-11H2,1-2H3. The van der Waals surface area contributed by atoms with Gasteiger partial charge >= 0.3 is 0 Å². The van der Waals surface area contributed by atoms with E-state index < -0.39 is 0 Å². The van der Waals surface area contributed by atoms with Crippen molar-refractivity contribution < 1.29 is 4.39 Å². The fourth-order valence-corrected chi connectivity index (χ4v) is 3.19. The summed E-state index contributed by atoms with van der Waals surface area (Å²) in [6, 6.07) is 7.51. The number of rotatable bonds is 4. The molecule has 1 saturated carbocycles. The molecular formula is C16H24FN. The van der Waals surface area contributed by atoms with Crippen molar-refractivity contribution in [2.75, 3.05) is 6.54 Å². The smallest absolute Gasteiger partial charge is 0.123 e. The molecule has 1 aromatic rings. The number of halogens is 1. The molecule has 1 fully saturated rings. The Balaban J connectivity index is 1.73. The molecule has 1 nitrogen and oxygen atoms in total. The van der Waals surface area contributed by atoms with E-state index in [0.717, 1.165) is 24.8 Å². The minimum absolute atomic E-state index is 0.151. The average Bonchev–Trinajstić information content (AvgIpc) is 2.30. The van der Waals surface area contributed by atoms with Crippen molar-refractivity contribution in [3.05, 3.63) is 35.6 Å². The molecule has 0 saturated heterocycles. The summed E-state index contributed by atoms with van der Waals surface area (Å²) >= 11 is 0. The van der Waals surface area contributed by atoms with E-state index in [2.05, 4.69) is 19.2 Å². The van der Waals surface area contributed by atoms with Gasteiger partial charge in [0.1, 0.15) is 5.82 Å². The third kappa shape index (κ3) is 4.09. The number of benzene rings is 1. The number of hydrogen-bond donors (Lipinski definition) is 1. The quantitative estimate of drug-likeness (QED) is 0.856. The van der Waals surface area contributed by atoms with Gasteiger partial charge in [0.15, 0.2) is 0 Å². The summed E-state index contributed by atoms with van der Waals surface area (Å²) < 4.78 is 12.8. The lowest BCUT2D eigenvalue weighted by Crippen LogP contribution is -2.37. The van der Waals surface area contributed by atoms with Gasteiger partial charge in [-0.25, -0.2) is 4.39 Å². The van der Waals surface area contributed by atoms with Crippen molar-refractivity contribution in [3.8, 4) is 0 Å². The van der Waals surface area contributed by atoms with Crippen molar-refractivity contribution in [3.63, 3.8) is 0 Å². The van der Waals surface area contributed by atoms with Gasteiger partial charge in [0.25, 0.3) is 0 Å². The molecular weight excluding hydrogens is 225 g/mol. The van der Waals surface area contributed by atoms with Gasteiger partial charge in [-0.05, 0) is 61.8 Å². The highest BCUT2D eigenvalue weighted by molar-refractivity contribution is 5.16. The molecule has 2 rings (SSSR count). The first-order valence-electron chi connectivity index (χ1n) is 7.11. The van der Waals surface area contributed by atoms with Crippen molar-refractivity contribution in [2.24, 2.45) is 11.8 Å². The molecule has 1 aromatic carbocycles. The topological polar surface area (TPSA) is 12.0 Å². The molecule has 0 radical (unpaired) electrons. The van der Waals surface area contributed by atoms with Crippen LogP contribution in [0.5, 0.6) is 0 Å². The number of nitrogens with one attached hydrogen (secondary N) is 1. The molecule has 2 atom stereocenters. The van der Waals surface area contributed by atoms with E-state index in [0.29, 0.717) is 6.04 Å². The minimum Gasteiger partial charge on any atom is -0.314 e. The normalized spacial score (nSPS) is 28.3. The predicted octanol–water partition coefficient (Wildman–Crippen LogP) is 3.78. The highest BCUT2D eigenvalue weighted by Gasteiger charge is 2.22. The lowest BCUT2D eigenvalue weighted by atomic mass is 9.80. The molecule has 1 aliphatic carbocycles. The van der Waals surface area contributed by atoms with Crippen LogP contribution < -0.4 is 5.32 Å². The van der Waals surface area contributed by atoms with Gasteiger partial charge in [-0.1, -0.05) is 26.0 Å².